The zero-order valence-corrected chi connectivity index (χ0v) is 45.7. The highest BCUT2D eigenvalue weighted by Crippen LogP contribution is 2.70. The molecule has 74 heavy (non-hydrogen) atoms. The number of fused-ring (bicyclic) bond motifs is 6. The fourth-order valence-electron chi connectivity index (χ4n) is 18.4. The van der Waals surface area contributed by atoms with E-state index in [2.05, 4.69) is 104 Å². The Hall–Kier alpha value is -3.51. The van der Waals surface area contributed by atoms with Crippen LogP contribution in [0.5, 0.6) is 0 Å². The molecule has 14 atom stereocenters. The van der Waals surface area contributed by atoms with E-state index in [1.807, 2.05) is 12.2 Å². The highest BCUT2D eigenvalue weighted by Gasteiger charge is 2.63. The Labute approximate surface area is 445 Å². The van der Waals surface area contributed by atoms with Gasteiger partial charge in [0.05, 0.1) is 24.2 Å². The van der Waals surface area contributed by atoms with Crippen molar-refractivity contribution in [2.45, 2.75) is 225 Å². The van der Waals surface area contributed by atoms with Crippen LogP contribution in [-0.4, -0.2) is 40.3 Å². The van der Waals surface area contributed by atoms with E-state index < -0.39 is 12.1 Å². The Kier molecular flexibility index (Phi) is 14.6. The lowest BCUT2D eigenvalue weighted by atomic mass is 9.54. The van der Waals surface area contributed by atoms with Gasteiger partial charge < -0.3 is 14.5 Å². The predicted octanol–water partition coefficient (Wildman–Crippen LogP) is 18.5. The van der Waals surface area contributed by atoms with Crippen LogP contribution in [0.4, 0.5) is 13.2 Å². The Morgan fingerprint density at radius 2 is 1.36 bits per heavy atom. The van der Waals surface area contributed by atoms with Gasteiger partial charge in [0.2, 0.25) is 0 Å². The lowest BCUT2D eigenvalue weighted by Gasteiger charge is -2.52. The lowest BCUT2D eigenvalue weighted by molar-refractivity contribution is -0.176. The van der Waals surface area contributed by atoms with Gasteiger partial charge in [-0.05, 0) is 214 Å². The van der Waals surface area contributed by atoms with Crippen LogP contribution < -0.4 is 0 Å². The van der Waals surface area contributed by atoms with E-state index in [4.69, 9.17) is 4.74 Å². The maximum absolute atomic E-state index is 14.4. The van der Waals surface area contributed by atoms with Crippen molar-refractivity contribution < 1.29 is 17.9 Å². The molecule has 0 spiro atoms. The zero-order valence-electron chi connectivity index (χ0n) is 45.7. The quantitative estimate of drug-likeness (QED) is 0.203. The summed E-state index contributed by atoms with van der Waals surface area (Å²) in [4.78, 5) is 5.51. The van der Waals surface area contributed by atoms with Crippen molar-refractivity contribution in [3.05, 3.63) is 131 Å². The molecule has 11 aliphatic carbocycles. The number of nitrogens with zero attached hydrogens (tertiary/aromatic N) is 2. The molecule has 14 unspecified atom stereocenters. The molecule has 0 aromatic carbocycles. The summed E-state index contributed by atoms with van der Waals surface area (Å²) in [5.74, 6) is 3.24. The molecular formula is C68H91F3N2O. The molecule has 1 aliphatic heterocycles. The average Bonchev–Trinajstić information content (AvgIpc) is 3.92. The van der Waals surface area contributed by atoms with Gasteiger partial charge in [0.1, 0.15) is 0 Å². The number of rotatable bonds is 10. The number of halogens is 3. The summed E-state index contributed by atoms with van der Waals surface area (Å²) in [7, 11) is 0. The number of hydrogen-bond donors (Lipinski definition) is 0. The van der Waals surface area contributed by atoms with Crippen molar-refractivity contribution in [2.75, 3.05) is 0 Å². The Morgan fingerprint density at radius 1 is 0.635 bits per heavy atom. The summed E-state index contributed by atoms with van der Waals surface area (Å²) in [6, 6.07) is 0.742. The Balaban J connectivity index is 0.863. The van der Waals surface area contributed by atoms with E-state index in [9.17, 15) is 13.2 Å². The van der Waals surface area contributed by atoms with Crippen LogP contribution in [-0.2, 0) is 4.74 Å². The Morgan fingerprint density at radius 3 is 2.03 bits per heavy atom. The molecule has 12 rings (SSSR count). The van der Waals surface area contributed by atoms with Crippen LogP contribution in [0, 0.1) is 64.1 Å². The minimum atomic E-state index is -4.15. The maximum atomic E-state index is 14.4. The first-order valence-corrected chi connectivity index (χ1v) is 30.7. The minimum absolute atomic E-state index is 0.00848. The second kappa shape index (κ2) is 21.0. The third-order valence-corrected chi connectivity index (χ3v) is 22.1. The fourth-order valence-corrected chi connectivity index (χ4v) is 18.4. The summed E-state index contributed by atoms with van der Waals surface area (Å²) in [5.41, 5.74) is 12.6. The topological polar surface area (TPSA) is 15.7 Å². The standard InChI is InChI=1S/C68H91F3N2O/c1-5-45-19-37-56(38-20-45)74-57-39-30-50(31-40-57)67(49-26-24-48(25-27-49)66(2,3)4)62-17-11-9-15-58(62)59-41-36-55(44-63(59)67)72(54-34-28-51(29-35-54)68(69,70)71)53-32-21-46(22-33-53)47-23-42-65-61(43-47)60-16-10-12-18-64(60)73(65)52-13-7-6-8-14-52/h5,9,13,15,18-19,26,30,32,34,36,41,43,46,48,51,55-63,65H,1,6-8,10-12,14,16-17,20-25,27-29,31,33,35,37-40,42,44H2,2-4H3. The van der Waals surface area contributed by atoms with Crippen LogP contribution in [0.25, 0.3) is 0 Å². The lowest BCUT2D eigenvalue weighted by Crippen LogP contribution is -2.45. The van der Waals surface area contributed by atoms with E-state index in [0.717, 1.165) is 82.7 Å². The highest BCUT2D eigenvalue weighted by atomic mass is 19.4. The van der Waals surface area contributed by atoms with Gasteiger partial charge >= 0.3 is 6.18 Å². The van der Waals surface area contributed by atoms with E-state index in [-0.39, 0.29) is 35.8 Å². The third kappa shape index (κ3) is 9.58. The van der Waals surface area contributed by atoms with Gasteiger partial charge in [-0.25, -0.2) is 0 Å². The SMILES string of the molecule is C=CC1=CCC(OC2CC=C(C3(C4=CCC(C(C)(C)C)CC4)C4CCC=CC4C4C=CC(N(C5=CCC(C6=CC7C8CCCC=C8N(C8=CCCCC8)C7CC6)CC5)C5=CCC(C(F)(F)F)CC5)CC43)CC2)CC1. The monoisotopic (exact) mass is 1010 g/mol. The van der Waals surface area contributed by atoms with Gasteiger partial charge in [-0.2, -0.15) is 13.2 Å². The minimum Gasteiger partial charge on any atom is -0.374 e. The molecule has 3 nitrogen and oxygen atoms in total. The first-order chi connectivity index (χ1) is 35.9. The van der Waals surface area contributed by atoms with Crippen LogP contribution in [0.3, 0.4) is 0 Å². The molecule has 0 bridgehead atoms. The van der Waals surface area contributed by atoms with Gasteiger partial charge in [0.25, 0.3) is 0 Å². The molecule has 400 valence electrons. The van der Waals surface area contributed by atoms with Crippen molar-refractivity contribution in [1.82, 2.24) is 9.80 Å². The van der Waals surface area contributed by atoms with E-state index in [1.54, 1.807) is 28.1 Å². The van der Waals surface area contributed by atoms with Crippen molar-refractivity contribution >= 4 is 0 Å². The fraction of sp³-hybridized carbons (Fsp3) is 0.676. The van der Waals surface area contributed by atoms with E-state index >= 15 is 0 Å². The number of ether oxygens (including phenoxy) is 1. The van der Waals surface area contributed by atoms with Crippen LogP contribution in [0.15, 0.2) is 131 Å². The number of alkyl halides is 3. The molecule has 0 aromatic heterocycles. The molecule has 0 radical (unpaired) electrons. The number of likely N-dealkylation sites (tertiary alicyclic amines) is 1. The zero-order chi connectivity index (χ0) is 50.8. The molecule has 12 aliphatic rings. The molecule has 2 fully saturated rings. The molecule has 0 N–H and O–H groups in total. The van der Waals surface area contributed by atoms with Gasteiger partial charge in [0.15, 0.2) is 0 Å². The number of allylic oxidation sites excluding steroid dienone is 17. The average molecular weight is 1010 g/mol. The third-order valence-electron chi connectivity index (χ3n) is 22.1. The summed E-state index contributed by atoms with van der Waals surface area (Å²) in [6.45, 7) is 11.4. The molecule has 0 aromatic rings. The predicted molar refractivity (Wildman–Crippen MR) is 297 cm³/mol. The van der Waals surface area contributed by atoms with Crippen molar-refractivity contribution in [2.24, 2.45) is 64.1 Å². The van der Waals surface area contributed by atoms with Crippen LogP contribution >= 0.6 is 0 Å². The second-order valence-electron chi connectivity index (χ2n) is 26.8. The maximum Gasteiger partial charge on any atom is 0.392 e. The van der Waals surface area contributed by atoms with E-state index in [0.29, 0.717) is 65.9 Å². The normalized spacial score (nSPS) is 39.4. The largest absolute Gasteiger partial charge is 0.392 e. The molecular weight excluding hydrogens is 918 g/mol. The summed E-state index contributed by atoms with van der Waals surface area (Å²) in [6.07, 6.45) is 57.9. The van der Waals surface area contributed by atoms with E-state index in [1.165, 1.54) is 88.3 Å². The first kappa shape index (κ1) is 51.3. The molecule has 1 saturated carbocycles. The van der Waals surface area contributed by atoms with Gasteiger partial charge in [-0.15, -0.1) is 0 Å². The highest BCUT2D eigenvalue weighted by molar-refractivity contribution is 5.43. The van der Waals surface area contributed by atoms with Crippen molar-refractivity contribution in [1.29, 1.82) is 0 Å². The smallest absolute Gasteiger partial charge is 0.374 e. The molecule has 6 heteroatoms. The molecule has 0 amide bonds. The summed E-state index contributed by atoms with van der Waals surface area (Å²) >= 11 is 0. The number of hydrogen-bond acceptors (Lipinski definition) is 3. The Bertz CT molecular complexity index is 2450. The van der Waals surface area contributed by atoms with Crippen LogP contribution in [0.1, 0.15) is 194 Å². The summed E-state index contributed by atoms with van der Waals surface area (Å²) < 4.78 is 50.1. The molecule has 1 saturated heterocycles. The van der Waals surface area contributed by atoms with Crippen LogP contribution in [0.2, 0.25) is 0 Å². The molecule has 1 heterocycles. The van der Waals surface area contributed by atoms with Gasteiger partial charge in [-0.1, -0.05) is 129 Å². The summed E-state index contributed by atoms with van der Waals surface area (Å²) in [5, 5.41) is 0. The second-order valence-corrected chi connectivity index (χ2v) is 26.8. The van der Waals surface area contributed by atoms with Crippen molar-refractivity contribution in [3.63, 3.8) is 0 Å². The van der Waals surface area contributed by atoms with Gasteiger partial charge in [-0.3, -0.25) is 0 Å². The first-order valence-electron chi connectivity index (χ1n) is 30.7. The van der Waals surface area contributed by atoms with Gasteiger partial charge in [0, 0.05) is 46.1 Å². The van der Waals surface area contributed by atoms with Crippen molar-refractivity contribution in [3.8, 4) is 0 Å².